The Morgan fingerprint density at radius 3 is 2.03 bits per heavy atom. The van der Waals surface area contributed by atoms with Crippen molar-refractivity contribution in [2.45, 2.75) is 19.8 Å². The largest absolute Gasteiger partial charge is 2.00 e. The number of rotatable bonds is 7. The number of benzene rings is 2. The first kappa shape index (κ1) is 26.4. The van der Waals surface area contributed by atoms with Gasteiger partial charge in [-0.1, -0.05) is 55.8 Å². The number of hydrogen-bond donors (Lipinski definition) is 0. The van der Waals surface area contributed by atoms with Crippen LogP contribution in [0.5, 0.6) is 0 Å². The Bertz CT molecular complexity index is 974. The molecule has 5 rings (SSSR count). The summed E-state index contributed by atoms with van der Waals surface area (Å²) in [5, 5.41) is 4.87. The summed E-state index contributed by atoms with van der Waals surface area (Å²) in [5.74, 6) is 1.24. The Kier molecular flexibility index (Phi) is 11.1. The normalized spacial score (nSPS) is 15.8. The Morgan fingerprint density at radius 2 is 1.41 bits per heavy atom. The molecule has 0 aliphatic heterocycles. The summed E-state index contributed by atoms with van der Waals surface area (Å²) in [6, 6.07) is 18.8. The molecule has 170 valence electrons. The first-order chi connectivity index (χ1) is 16.3. The van der Waals surface area contributed by atoms with E-state index in [1.165, 1.54) is 11.5 Å². The van der Waals surface area contributed by atoms with Crippen LogP contribution in [0.4, 0.5) is 0 Å². The molecular weight excluding hydrogens is 458 g/mol. The second-order valence-electron chi connectivity index (χ2n) is 7.82. The van der Waals surface area contributed by atoms with Gasteiger partial charge in [-0.2, -0.15) is 5.10 Å². The molecule has 0 spiro atoms. The summed E-state index contributed by atoms with van der Waals surface area (Å²) in [4.78, 5) is 4.60. The molecule has 0 bridgehead atoms. The SMILES string of the molecule is CCCCN=Cc1cn(-c2ccccc2)nc1-c1ccc([C]2[CH][CH][CH][CH]2)cc1.[CH]1[CH][CH][CH][CH]1.[Fe+2]. The molecule has 0 saturated heterocycles. The zero-order valence-electron chi connectivity index (χ0n) is 19.4. The number of unbranched alkanes of at least 4 members (excludes halogenated alkanes) is 1. The van der Waals surface area contributed by atoms with Gasteiger partial charge in [-0.05, 0) is 81.9 Å². The van der Waals surface area contributed by atoms with Crippen LogP contribution >= 0.6 is 0 Å². The molecule has 1 heterocycles. The Balaban J connectivity index is 0.000000481. The van der Waals surface area contributed by atoms with Gasteiger partial charge in [-0.15, -0.1) is 0 Å². The second-order valence-corrected chi connectivity index (χ2v) is 7.82. The minimum atomic E-state index is 0. The molecule has 2 fully saturated rings. The van der Waals surface area contributed by atoms with E-state index >= 15 is 0 Å². The van der Waals surface area contributed by atoms with Crippen molar-refractivity contribution in [3.8, 4) is 16.9 Å². The van der Waals surface area contributed by atoms with Crippen LogP contribution in [0.3, 0.4) is 0 Å². The maximum Gasteiger partial charge on any atom is 2.00 e. The van der Waals surface area contributed by atoms with E-state index in [1.807, 2.05) is 61.2 Å². The van der Waals surface area contributed by atoms with E-state index in [-0.39, 0.29) is 17.1 Å². The molecule has 2 aromatic carbocycles. The van der Waals surface area contributed by atoms with E-state index in [4.69, 9.17) is 5.10 Å². The van der Waals surface area contributed by atoms with Gasteiger partial charge in [-0.3, -0.25) is 4.99 Å². The van der Waals surface area contributed by atoms with Crippen molar-refractivity contribution < 1.29 is 17.1 Å². The van der Waals surface area contributed by atoms with Gasteiger partial charge >= 0.3 is 17.1 Å². The Labute approximate surface area is 216 Å². The van der Waals surface area contributed by atoms with Crippen LogP contribution < -0.4 is 0 Å². The zero-order chi connectivity index (χ0) is 22.7. The van der Waals surface area contributed by atoms with Crippen LogP contribution in [0.1, 0.15) is 30.9 Å². The smallest absolute Gasteiger partial charge is 0.292 e. The van der Waals surface area contributed by atoms with Crippen molar-refractivity contribution in [1.82, 2.24) is 9.78 Å². The molecule has 10 radical (unpaired) electrons. The van der Waals surface area contributed by atoms with Crippen molar-refractivity contribution in [3.05, 3.63) is 136 Å². The van der Waals surface area contributed by atoms with E-state index in [0.29, 0.717) is 0 Å². The molecule has 4 heteroatoms. The van der Waals surface area contributed by atoms with Gasteiger partial charge in [0.1, 0.15) is 5.69 Å². The van der Waals surface area contributed by atoms with Gasteiger partial charge in [-0.25, -0.2) is 4.68 Å². The van der Waals surface area contributed by atoms with Crippen molar-refractivity contribution in [2.24, 2.45) is 4.99 Å². The number of hydrogen-bond acceptors (Lipinski definition) is 2. The van der Waals surface area contributed by atoms with Gasteiger partial charge in [0.15, 0.2) is 0 Å². The van der Waals surface area contributed by atoms with Crippen LogP contribution in [0, 0.1) is 63.7 Å². The van der Waals surface area contributed by atoms with Crippen LogP contribution in [0.2, 0.25) is 0 Å². The molecule has 3 nitrogen and oxygen atoms in total. The van der Waals surface area contributed by atoms with Crippen molar-refractivity contribution >= 4 is 6.21 Å². The van der Waals surface area contributed by atoms with E-state index in [9.17, 15) is 0 Å². The average Bonchev–Trinajstić information content (AvgIpc) is 3.66. The first-order valence-corrected chi connectivity index (χ1v) is 11.5. The van der Waals surface area contributed by atoms with Crippen molar-refractivity contribution in [1.29, 1.82) is 0 Å². The zero-order valence-corrected chi connectivity index (χ0v) is 20.5. The molecule has 2 aliphatic rings. The fourth-order valence-electron chi connectivity index (χ4n) is 3.54. The third kappa shape index (κ3) is 7.42. The van der Waals surface area contributed by atoms with Crippen LogP contribution in [0.15, 0.2) is 65.8 Å². The maximum absolute atomic E-state index is 4.87. The van der Waals surface area contributed by atoms with Crippen molar-refractivity contribution in [2.75, 3.05) is 6.54 Å². The van der Waals surface area contributed by atoms with Gasteiger partial charge in [0.05, 0.1) is 5.69 Å². The molecule has 0 unspecified atom stereocenters. The predicted molar refractivity (Wildman–Crippen MR) is 137 cm³/mol. The molecule has 2 saturated carbocycles. The average molecular weight is 487 g/mol. The number of aromatic nitrogens is 2. The van der Waals surface area contributed by atoms with Crippen LogP contribution in [-0.4, -0.2) is 22.5 Å². The Morgan fingerprint density at radius 1 is 0.794 bits per heavy atom. The molecule has 2 aliphatic carbocycles. The third-order valence-electron chi connectivity index (χ3n) is 5.34. The molecule has 0 N–H and O–H groups in total. The minimum absolute atomic E-state index is 0. The van der Waals surface area contributed by atoms with E-state index in [1.54, 1.807) is 0 Å². The van der Waals surface area contributed by atoms with E-state index in [0.717, 1.165) is 41.9 Å². The summed E-state index contributed by atoms with van der Waals surface area (Å²) in [5.41, 5.74) is 5.36. The summed E-state index contributed by atoms with van der Waals surface area (Å²) < 4.78 is 1.93. The fourth-order valence-corrected chi connectivity index (χ4v) is 3.54. The molecule has 0 amide bonds. The summed E-state index contributed by atoms with van der Waals surface area (Å²) in [6.07, 6.45) is 24.7. The second kappa shape index (κ2) is 14.3. The van der Waals surface area contributed by atoms with Gasteiger partial charge in [0, 0.05) is 36.0 Å². The molecule has 34 heavy (non-hydrogen) atoms. The van der Waals surface area contributed by atoms with Crippen molar-refractivity contribution in [3.63, 3.8) is 0 Å². The predicted octanol–water partition coefficient (Wildman–Crippen LogP) is 6.53. The van der Waals surface area contributed by atoms with E-state index < -0.39 is 0 Å². The molecule has 3 aromatic rings. The number of para-hydroxylation sites is 1. The minimum Gasteiger partial charge on any atom is -0.292 e. The van der Waals surface area contributed by atoms with Crippen LogP contribution in [0.25, 0.3) is 16.9 Å². The monoisotopic (exact) mass is 487 g/mol. The first-order valence-electron chi connectivity index (χ1n) is 11.5. The molecular formula is C30H29FeN3+2. The number of nitrogens with zero attached hydrogens (tertiary/aromatic N) is 3. The Hall–Kier alpha value is -2.16. The fraction of sp³-hybridized carbons (Fsp3) is 0.133. The van der Waals surface area contributed by atoms with Crippen LogP contribution in [-0.2, 0) is 17.1 Å². The summed E-state index contributed by atoms with van der Waals surface area (Å²) in [6.45, 7) is 3.03. The topological polar surface area (TPSA) is 30.2 Å². The molecule has 1 aromatic heterocycles. The number of aliphatic imine (C=N–C) groups is 1. The quantitative estimate of drug-likeness (QED) is 0.212. The maximum atomic E-state index is 4.87. The van der Waals surface area contributed by atoms with Gasteiger partial charge in [0.2, 0.25) is 0 Å². The van der Waals surface area contributed by atoms with E-state index in [2.05, 4.69) is 80.2 Å². The standard InChI is InChI=1S/C25H24N3.C5H5.Fe/c1-2-3-17-26-18-23-19-28(24-11-5-4-6-12-24)27-25(23)22-15-13-21(14-16-22)20-9-7-8-10-20;1-2-4-5-3-1;/h4-16,18-19H,2-3,17H2,1H3;1-5H;/q;;+2. The summed E-state index contributed by atoms with van der Waals surface area (Å²) in [7, 11) is 0. The molecule has 0 atom stereocenters. The third-order valence-corrected chi connectivity index (χ3v) is 5.34. The van der Waals surface area contributed by atoms with Gasteiger partial charge in [0.25, 0.3) is 0 Å². The van der Waals surface area contributed by atoms with Gasteiger partial charge < -0.3 is 0 Å². The summed E-state index contributed by atoms with van der Waals surface area (Å²) >= 11 is 0.